The van der Waals surface area contributed by atoms with Crippen molar-refractivity contribution < 1.29 is 14.3 Å². The number of carbonyl (C=O) groups is 1. The molecule has 0 bridgehead atoms. The third-order valence-electron chi connectivity index (χ3n) is 4.44. The van der Waals surface area contributed by atoms with Crippen LogP contribution in [-0.4, -0.2) is 31.8 Å². The molecule has 1 rings (SSSR count). The van der Waals surface area contributed by atoms with Crippen LogP contribution in [0.25, 0.3) is 0 Å². The minimum Gasteiger partial charge on any atom is -0.468 e. The average molecular weight is 285 g/mol. The third-order valence-corrected chi connectivity index (χ3v) is 4.44. The molecule has 4 nitrogen and oxygen atoms in total. The second-order valence-electron chi connectivity index (χ2n) is 5.94. The average Bonchev–Trinajstić information content (AvgIpc) is 2.83. The predicted octanol–water partition coefficient (Wildman–Crippen LogP) is 3.03. The van der Waals surface area contributed by atoms with Gasteiger partial charge in [-0.3, -0.25) is 4.79 Å². The first kappa shape index (κ1) is 17.4. The van der Waals surface area contributed by atoms with Gasteiger partial charge in [0.25, 0.3) is 0 Å². The maximum Gasteiger partial charge on any atom is 0.326 e. The van der Waals surface area contributed by atoms with Crippen molar-refractivity contribution in [3.63, 3.8) is 0 Å². The number of methoxy groups -OCH3 is 1. The Bertz CT molecular complexity index is 283. The van der Waals surface area contributed by atoms with Gasteiger partial charge in [0, 0.05) is 13.2 Å². The number of esters is 1. The topological polar surface area (TPSA) is 61.5 Å². The molecule has 0 aromatic carbocycles. The summed E-state index contributed by atoms with van der Waals surface area (Å²) in [5.74, 6) is -0.0605. The van der Waals surface area contributed by atoms with Crippen molar-refractivity contribution in [2.24, 2.45) is 11.7 Å². The molecule has 0 aliphatic heterocycles. The third kappa shape index (κ3) is 5.06. The Labute approximate surface area is 123 Å². The molecule has 118 valence electrons. The highest BCUT2D eigenvalue weighted by molar-refractivity contribution is 5.81. The first-order chi connectivity index (χ1) is 9.65. The molecule has 0 saturated heterocycles. The Kier molecular flexibility index (Phi) is 8.15. The van der Waals surface area contributed by atoms with Crippen molar-refractivity contribution in [1.82, 2.24) is 0 Å². The van der Waals surface area contributed by atoms with E-state index in [4.69, 9.17) is 15.2 Å². The molecule has 1 saturated carbocycles. The minimum absolute atomic E-state index is 0.204. The molecule has 2 unspecified atom stereocenters. The summed E-state index contributed by atoms with van der Waals surface area (Å²) in [5.41, 5.74) is 5.44. The Morgan fingerprint density at radius 1 is 1.25 bits per heavy atom. The van der Waals surface area contributed by atoms with Gasteiger partial charge >= 0.3 is 5.97 Å². The molecule has 20 heavy (non-hydrogen) atoms. The molecule has 0 radical (unpaired) electrons. The molecule has 4 heteroatoms. The summed E-state index contributed by atoms with van der Waals surface area (Å²) in [4.78, 5) is 11.8. The summed E-state index contributed by atoms with van der Waals surface area (Å²) in [7, 11) is 1.42. The standard InChI is InChI=1S/C16H31NO3/c1-3-4-5-6-7-12-20-13-10-14-9-8-11-16(14,17)15(18)19-2/h14H,3-13,17H2,1-2H3. The van der Waals surface area contributed by atoms with Crippen LogP contribution in [0.1, 0.15) is 64.7 Å². The number of hydrogen-bond donors (Lipinski definition) is 1. The number of hydrogen-bond acceptors (Lipinski definition) is 4. The Morgan fingerprint density at radius 3 is 2.70 bits per heavy atom. The smallest absolute Gasteiger partial charge is 0.326 e. The second kappa shape index (κ2) is 9.35. The number of unbranched alkanes of at least 4 members (excludes halogenated alkanes) is 4. The van der Waals surface area contributed by atoms with Gasteiger partial charge in [-0.15, -0.1) is 0 Å². The molecule has 0 aromatic heterocycles. The summed E-state index contributed by atoms with van der Waals surface area (Å²) in [6.07, 6.45) is 9.89. The summed E-state index contributed by atoms with van der Waals surface area (Å²) in [6.45, 7) is 3.75. The van der Waals surface area contributed by atoms with E-state index in [1.165, 1.54) is 32.8 Å². The van der Waals surface area contributed by atoms with E-state index in [9.17, 15) is 4.79 Å². The van der Waals surface area contributed by atoms with E-state index in [1.807, 2.05) is 0 Å². The van der Waals surface area contributed by atoms with E-state index in [0.29, 0.717) is 6.61 Å². The highest BCUT2D eigenvalue weighted by Crippen LogP contribution is 2.36. The number of rotatable bonds is 10. The van der Waals surface area contributed by atoms with Crippen molar-refractivity contribution in [2.75, 3.05) is 20.3 Å². The lowest BCUT2D eigenvalue weighted by Crippen LogP contribution is -2.51. The molecule has 1 aliphatic carbocycles. The summed E-state index contributed by atoms with van der Waals surface area (Å²) in [5, 5.41) is 0. The Hall–Kier alpha value is -0.610. The van der Waals surface area contributed by atoms with E-state index in [-0.39, 0.29) is 11.9 Å². The van der Waals surface area contributed by atoms with Crippen LogP contribution in [0.5, 0.6) is 0 Å². The quantitative estimate of drug-likeness (QED) is 0.495. The Morgan fingerprint density at radius 2 is 2.00 bits per heavy atom. The van der Waals surface area contributed by atoms with Crippen LogP contribution in [0.3, 0.4) is 0 Å². The molecule has 2 atom stereocenters. The van der Waals surface area contributed by atoms with Crippen LogP contribution in [-0.2, 0) is 14.3 Å². The van der Waals surface area contributed by atoms with Crippen LogP contribution in [0.2, 0.25) is 0 Å². The fourth-order valence-corrected chi connectivity index (χ4v) is 3.10. The van der Waals surface area contributed by atoms with Gasteiger partial charge in [0.05, 0.1) is 7.11 Å². The number of nitrogens with two attached hydrogens (primary N) is 1. The van der Waals surface area contributed by atoms with Crippen molar-refractivity contribution in [2.45, 2.75) is 70.3 Å². The van der Waals surface area contributed by atoms with Gasteiger partial charge in [-0.25, -0.2) is 0 Å². The SMILES string of the molecule is CCCCCCCOCCC1CCCC1(N)C(=O)OC. The highest BCUT2D eigenvalue weighted by Gasteiger charge is 2.46. The lowest BCUT2D eigenvalue weighted by molar-refractivity contribution is -0.148. The number of carbonyl (C=O) groups excluding carboxylic acids is 1. The zero-order chi connectivity index (χ0) is 14.8. The van der Waals surface area contributed by atoms with Crippen LogP contribution in [0.4, 0.5) is 0 Å². The minimum atomic E-state index is -0.779. The van der Waals surface area contributed by atoms with E-state index in [1.54, 1.807) is 0 Å². The lowest BCUT2D eigenvalue weighted by atomic mass is 9.86. The maximum atomic E-state index is 11.8. The van der Waals surface area contributed by atoms with Gasteiger partial charge in [-0.2, -0.15) is 0 Å². The van der Waals surface area contributed by atoms with Crippen molar-refractivity contribution in [1.29, 1.82) is 0 Å². The fourth-order valence-electron chi connectivity index (χ4n) is 3.10. The van der Waals surface area contributed by atoms with Gasteiger partial charge in [0.2, 0.25) is 0 Å². The van der Waals surface area contributed by atoms with Crippen LogP contribution in [0.15, 0.2) is 0 Å². The van der Waals surface area contributed by atoms with E-state index >= 15 is 0 Å². The second-order valence-corrected chi connectivity index (χ2v) is 5.94. The van der Waals surface area contributed by atoms with Gasteiger partial charge in [0.1, 0.15) is 5.54 Å². The first-order valence-electron chi connectivity index (χ1n) is 8.10. The fraction of sp³-hybridized carbons (Fsp3) is 0.938. The van der Waals surface area contributed by atoms with Gasteiger partial charge < -0.3 is 15.2 Å². The zero-order valence-electron chi connectivity index (χ0n) is 13.2. The summed E-state index contributed by atoms with van der Waals surface area (Å²) >= 11 is 0. The van der Waals surface area contributed by atoms with E-state index in [0.717, 1.165) is 38.7 Å². The molecule has 0 spiro atoms. The molecule has 0 aromatic rings. The van der Waals surface area contributed by atoms with Crippen molar-refractivity contribution in [3.05, 3.63) is 0 Å². The maximum absolute atomic E-state index is 11.8. The molecular formula is C16H31NO3. The van der Waals surface area contributed by atoms with E-state index in [2.05, 4.69) is 6.92 Å². The molecule has 0 amide bonds. The van der Waals surface area contributed by atoms with Crippen molar-refractivity contribution in [3.8, 4) is 0 Å². The largest absolute Gasteiger partial charge is 0.468 e. The normalized spacial score (nSPS) is 25.9. The first-order valence-corrected chi connectivity index (χ1v) is 8.10. The van der Waals surface area contributed by atoms with Crippen LogP contribution in [0, 0.1) is 5.92 Å². The highest BCUT2D eigenvalue weighted by atomic mass is 16.5. The Balaban J connectivity index is 2.13. The van der Waals surface area contributed by atoms with Gasteiger partial charge in [-0.05, 0) is 31.6 Å². The summed E-state index contributed by atoms with van der Waals surface area (Å²) < 4.78 is 10.5. The lowest BCUT2D eigenvalue weighted by Gasteiger charge is -2.28. The van der Waals surface area contributed by atoms with Crippen LogP contribution < -0.4 is 5.73 Å². The summed E-state index contributed by atoms with van der Waals surface area (Å²) in [6, 6.07) is 0. The monoisotopic (exact) mass is 285 g/mol. The number of ether oxygens (including phenoxy) is 2. The predicted molar refractivity (Wildman–Crippen MR) is 80.5 cm³/mol. The van der Waals surface area contributed by atoms with Gasteiger partial charge in [0.15, 0.2) is 0 Å². The molecule has 1 aliphatic rings. The van der Waals surface area contributed by atoms with Gasteiger partial charge in [-0.1, -0.05) is 39.0 Å². The molecular weight excluding hydrogens is 254 g/mol. The molecule has 0 heterocycles. The van der Waals surface area contributed by atoms with Crippen molar-refractivity contribution >= 4 is 5.97 Å². The molecule has 1 fully saturated rings. The zero-order valence-corrected chi connectivity index (χ0v) is 13.2. The van der Waals surface area contributed by atoms with E-state index < -0.39 is 5.54 Å². The van der Waals surface area contributed by atoms with Crippen LogP contribution >= 0.6 is 0 Å². The molecule has 2 N–H and O–H groups in total.